The normalized spacial score (nSPS) is 10.1. The van der Waals surface area contributed by atoms with Crippen LogP contribution in [0.25, 0.3) is 0 Å². The molecule has 3 nitrogen and oxygen atoms in total. The van der Waals surface area contributed by atoms with Gasteiger partial charge in [-0.05, 0) is 31.5 Å². The first-order valence-electron chi connectivity index (χ1n) is 6.66. The topological polar surface area (TPSA) is 35.5 Å². The molecule has 0 unspecified atom stereocenters. The highest BCUT2D eigenvalue weighted by atomic mass is 16.5. The van der Waals surface area contributed by atoms with Crippen LogP contribution in [0.15, 0.2) is 18.2 Å². The molecule has 0 aliphatic rings. The predicted molar refractivity (Wildman–Crippen MR) is 72.6 cm³/mol. The Morgan fingerprint density at radius 2 is 1.89 bits per heavy atom. The molecule has 1 aromatic carbocycles. The molecule has 18 heavy (non-hydrogen) atoms. The van der Waals surface area contributed by atoms with E-state index < -0.39 is 0 Å². The molecule has 1 aromatic rings. The Bertz CT molecular complexity index is 361. The van der Waals surface area contributed by atoms with Crippen molar-refractivity contribution in [2.75, 3.05) is 13.2 Å². The molecule has 0 aliphatic carbocycles. The molecule has 0 aromatic heterocycles. The number of carbonyl (C=O) groups excluding carboxylic acids is 1. The highest BCUT2D eigenvalue weighted by molar-refractivity contribution is 5.76. The molecule has 3 heteroatoms. The Morgan fingerprint density at radius 3 is 2.56 bits per heavy atom. The Hall–Kier alpha value is -1.51. The number of aldehydes is 1. The van der Waals surface area contributed by atoms with E-state index in [0.717, 1.165) is 18.5 Å². The molecular weight excluding hydrogens is 228 g/mol. The van der Waals surface area contributed by atoms with E-state index in [0.29, 0.717) is 24.5 Å². The SMILES string of the molecule is CCCCCCOc1ccc(C=O)cc1OCC. The Balaban J connectivity index is 2.54. The minimum atomic E-state index is 0.564. The van der Waals surface area contributed by atoms with Crippen LogP contribution in [0.1, 0.15) is 49.9 Å². The second-order valence-corrected chi connectivity index (χ2v) is 4.17. The first-order valence-corrected chi connectivity index (χ1v) is 6.66. The van der Waals surface area contributed by atoms with Gasteiger partial charge < -0.3 is 9.47 Å². The van der Waals surface area contributed by atoms with Crippen molar-refractivity contribution >= 4 is 6.29 Å². The minimum absolute atomic E-state index is 0.564. The fourth-order valence-electron chi connectivity index (χ4n) is 1.70. The van der Waals surface area contributed by atoms with Crippen LogP contribution in [0.4, 0.5) is 0 Å². The van der Waals surface area contributed by atoms with Crippen molar-refractivity contribution < 1.29 is 14.3 Å². The molecule has 0 fully saturated rings. The van der Waals surface area contributed by atoms with Crippen molar-refractivity contribution in [3.63, 3.8) is 0 Å². The third-order valence-electron chi connectivity index (χ3n) is 2.66. The van der Waals surface area contributed by atoms with Crippen molar-refractivity contribution in [3.8, 4) is 11.5 Å². The summed E-state index contributed by atoms with van der Waals surface area (Å²) in [6.07, 6.45) is 5.51. The van der Waals surface area contributed by atoms with E-state index in [2.05, 4.69) is 6.92 Å². The average Bonchev–Trinajstić information content (AvgIpc) is 2.40. The summed E-state index contributed by atoms with van der Waals surface area (Å²) in [7, 11) is 0. The van der Waals surface area contributed by atoms with Crippen molar-refractivity contribution in [2.24, 2.45) is 0 Å². The minimum Gasteiger partial charge on any atom is -0.490 e. The van der Waals surface area contributed by atoms with E-state index in [4.69, 9.17) is 9.47 Å². The number of carbonyl (C=O) groups is 1. The van der Waals surface area contributed by atoms with Crippen LogP contribution in [0.3, 0.4) is 0 Å². The Morgan fingerprint density at radius 1 is 1.06 bits per heavy atom. The summed E-state index contributed by atoms with van der Waals surface area (Å²) >= 11 is 0. The maximum atomic E-state index is 10.7. The first kappa shape index (κ1) is 14.6. The van der Waals surface area contributed by atoms with Gasteiger partial charge in [0.05, 0.1) is 13.2 Å². The smallest absolute Gasteiger partial charge is 0.161 e. The van der Waals surface area contributed by atoms with Gasteiger partial charge in [0, 0.05) is 5.56 Å². The van der Waals surface area contributed by atoms with E-state index in [1.807, 2.05) is 6.92 Å². The molecule has 0 bridgehead atoms. The van der Waals surface area contributed by atoms with Crippen LogP contribution >= 0.6 is 0 Å². The van der Waals surface area contributed by atoms with Crippen molar-refractivity contribution in [2.45, 2.75) is 39.5 Å². The molecule has 0 amide bonds. The van der Waals surface area contributed by atoms with Crippen LogP contribution < -0.4 is 9.47 Å². The Labute approximate surface area is 109 Å². The number of benzene rings is 1. The zero-order valence-electron chi connectivity index (χ0n) is 11.3. The third-order valence-corrected chi connectivity index (χ3v) is 2.66. The van der Waals surface area contributed by atoms with Crippen molar-refractivity contribution in [1.82, 2.24) is 0 Å². The zero-order valence-corrected chi connectivity index (χ0v) is 11.3. The summed E-state index contributed by atoms with van der Waals surface area (Å²) in [4.78, 5) is 10.7. The standard InChI is InChI=1S/C15H22O3/c1-3-5-6-7-10-18-14-9-8-13(12-16)11-15(14)17-4-2/h8-9,11-12H,3-7,10H2,1-2H3. The van der Waals surface area contributed by atoms with E-state index in [1.54, 1.807) is 18.2 Å². The van der Waals surface area contributed by atoms with Gasteiger partial charge in [-0.2, -0.15) is 0 Å². The van der Waals surface area contributed by atoms with Gasteiger partial charge in [0.1, 0.15) is 6.29 Å². The largest absolute Gasteiger partial charge is 0.490 e. The van der Waals surface area contributed by atoms with Crippen LogP contribution in [0.5, 0.6) is 11.5 Å². The number of rotatable bonds is 9. The lowest BCUT2D eigenvalue weighted by molar-refractivity contribution is 0.112. The highest BCUT2D eigenvalue weighted by Gasteiger charge is 2.06. The third kappa shape index (κ3) is 4.78. The number of unbranched alkanes of at least 4 members (excludes halogenated alkanes) is 3. The van der Waals surface area contributed by atoms with Gasteiger partial charge >= 0.3 is 0 Å². The van der Waals surface area contributed by atoms with E-state index >= 15 is 0 Å². The van der Waals surface area contributed by atoms with E-state index in [1.165, 1.54) is 19.3 Å². The lowest BCUT2D eigenvalue weighted by atomic mass is 10.2. The molecule has 0 heterocycles. The molecule has 0 aliphatic heterocycles. The molecule has 0 spiro atoms. The molecule has 0 saturated carbocycles. The van der Waals surface area contributed by atoms with Gasteiger partial charge in [-0.3, -0.25) is 4.79 Å². The molecule has 0 saturated heterocycles. The summed E-state index contributed by atoms with van der Waals surface area (Å²) in [5, 5.41) is 0. The highest BCUT2D eigenvalue weighted by Crippen LogP contribution is 2.28. The lowest BCUT2D eigenvalue weighted by Gasteiger charge is -2.12. The molecule has 100 valence electrons. The Kier molecular flexibility index (Phi) is 6.92. The average molecular weight is 250 g/mol. The first-order chi connectivity index (χ1) is 8.81. The monoisotopic (exact) mass is 250 g/mol. The summed E-state index contributed by atoms with van der Waals surface area (Å²) in [5.41, 5.74) is 0.608. The maximum Gasteiger partial charge on any atom is 0.161 e. The van der Waals surface area contributed by atoms with E-state index in [-0.39, 0.29) is 0 Å². The molecule has 0 radical (unpaired) electrons. The summed E-state index contributed by atoms with van der Waals surface area (Å²) in [6, 6.07) is 5.27. The second-order valence-electron chi connectivity index (χ2n) is 4.17. The summed E-state index contributed by atoms with van der Waals surface area (Å²) < 4.78 is 11.2. The van der Waals surface area contributed by atoms with Gasteiger partial charge in [0.15, 0.2) is 11.5 Å². The number of hydrogen-bond acceptors (Lipinski definition) is 3. The maximum absolute atomic E-state index is 10.7. The van der Waals surface area contributed by atoms with Gasteiger partial charge in [-0.25, -0.2) is 0 Å². The molecular formula is C15H22O3. The van der Waals surface area contributed by atoms with Gasteiger partial charge in [0.2, 0.25) is 0 Å². The molecule has 1 rings (SSSR count). The van der Waals surface area contributed by atoms with Gasteiger partial charge in [-0.1, -0.05) is 26.2 Å². The van der Waals surface area contributed by atoms with Crippen LogP contribution in [-0.4, -0.2) is 19.5 Å². The fraction of sp³-hybridized carbons (Fsp3) is 0.533. The zero-order chi connectivity index (χ0) is 13.2. The van der Waals surface area contributed by atoms with Crippen LogP contribution in [0, 0.1) is 0 Å². The van der Waals surface area contributed by atoms with Crippen molar-refractivity contribution in [1.29, 1.82) is 0 Å². The fourth-order valence-corrected chi connectivity index (χ4v) is 1.70. The quantitative estimate of drug-likeness (QED) is 0.493. The second kappa shape index (κ2) is 8.56. The number of hydrogen-bond donors (Lipinski definition) is 0. The lowest BCUT2D eigenvalue weighted by Crippen LogP contribution is -2.01. The van der Waals surface area contributed by atoms with Crippen LogP contribution in [0.2, 0.25) is 0 Å². The van der Waals surface area contributed by atoms with Gasteiger partial charge in [0.25, 0.3) is 0 Å². The predicted octanol–water partition coefficient (Wildman–Crippen LogP) is 3.86. The molecule has 0 atom stereocenters. The molecule has 0 N–H and O–H groups in total. The number of ether oxygens (including phenoxy) is 2. The van der Waals surface area contributed by atoms with Gasteiger partial charge in [-0.15, -0.1) is 0 Å². The summed E-state index contributed by atoms with van der Waals surface area (Å²) in [5.74, 6) is 1.37. The van der Waals surface area contributed by atoms with Crippen molar-refractivity contribution in [3.05, 3.63) is 23.8 Å². The van der Waals surface area contributed by atoms with E-state index in [9.17, 15) is 4.79 Å². The van der Waals surface area contributed by atoms with Crippen LogP contribution in [-0.2, 0) is 0 Å². The summed E-state index contributed by atoms with van der Waals surface area (Å²) in [6.45, 7) is 5.36.